The zero-order chi connectivity index (χ0) is 102. The second-order valence-corrected chi connectivity index (χ2v) is 35.6. The second kappa shape index (κ2) is 60.4. The van der Waals surface area contributed by atoms with E-state index in [1.807, 2.05) is 73.0 Å². The number of H-pyrrole nitrogens is 3. The Kier molecular flexibility index (Phi) is 47.1. The van der Waals surface area contributed by atoms with Gasteiger partial charge in [-0.15, -0.1) is 0 Å². The molecule has 1 saturated heterocycles. The van der Waals surface area contributed by atoms with Crippen molar-refractivity contribution in [3.63, 3.8) is 0 Å². The van der Waals surface area contributed by atoms with Crippen LogP contribution in [0.25, 0.3) is 0 Å². The third-order valence-corrected chi connectivity index (χ3v) is 21.4. The van der Waals surface area contributed by atoms with E-state index in [-0.39, 0.29) is 136 Å². The van der Waals surface area contributed by atoms with Crippen molar-refractivity contribution in [3.05, 3.63) is 361 Å². The number of carbonyl (C=O) groups is 9. The number of aliphatic hydroxyl groups is 2. The van der Waals surface area contributed by atoms with E-state index in [4.69, 9.17) is 31.3 Å². The molecule has 0 radical (unpaired) electrons. The van der Waals surface area contributed by atoms with E-state index in [1.165, 1.54) is 134 Å². The van der Waals surface area contributed by atoms with Gasteiger partial charge in [0, 0.05) is 90.2 Å². The third kappa shape index (κ3) is 35.6. The molecule has 38 heteroatoms. The summed E-state index contributed by atoms with van der Waals surface area (Å²) in [5.74, 6) is -8.69. The predicted molar refractivity (Wildman–Crippen MR) is 516 cm³/mol. The first kappa shape index (κ1) is 109. The summed E-state index contributed by atoms with van der Waals surface area (Å²) in [6.45, 7) is 2.94. The number of unbranched alkanes of at least 4 members (excludes halogenated alkanes) is 9. The fourth-order valence-corrected chi connectivity index (χ4v) is 13.9. The molecule has 140 heavy (non-hydrogen) atoms. The molecule has 4 aromatic heterocycles. The van der Waals surface area contributed by atoms with Gasteiger partial charge < -0.3 is 101 Å². The molecule has 11 aromatic rings. The number of aldehydes is 1. The quantitative estimate of drug-likeness (QED) is 0.00732. The number of rotatable bonds is 41. The molecule has 6 heterocycles. The molecule has 2 unspecified atom stereocenters. The van der Waals surface area contributed by atoms with Crippen LogP contribution in [0, 0.1) is 23.3 Å². The molecule has 742 valence electrons. The number of hydrogen-bond acceptors (Lipinski definition) is 20. The van der Waals surface area contributed by atoms with Crippen molar-refractivity contribution in [1.29, 1.82) is 1.12 Å². The summed E-state index contributed by atoms with van der Waals surface area (Å²) >= 11 is 1.37. The van der Waals surface area contributed by atoms with Crippen LogP contribution in [0.2, 0.25) is 0 Å². The third-order valence-electron chi connectivity index (χ3n) is 21.4. The number of thiol groups is 1. The number of ether oxygens (including phenoxy) is 3. The molecule has 0 bridgehead atoms. The number of carbonyl (C=O) groups excluding carboxylic acids is 8. The zero-order valence-electron chi connectivity index (χ0n) is 78.0. The number of nitrogens with two attached hydrogens (primary N) is 1. The normalized spacial score (nSPS) is 12.3. The minimum absolute atomic E-state index is 0.0244. The molecule has 2 aliphatic rings. The van der Waals surface area contributed by atoms with Crippen LogP contribution in [0.15, 0.2) is 232 Å². The van der Waals surface area contributed by atoms with E-state index in [2.05, 4.69) is 46.9 Å². The summed E-state index contributed by atoms with van der Waals surface area (Å²) in [6.07, 6.45) is 20.8. The van der Waals surface area contributed by atoms with Gasteiger partial charge in [-0.05, 0) is 152 Å². The number of carboxylic acids is 1. The van der Waals surface area contributed by atoms with Gasteiger partial charge in [-0.3, -0.25) is 52.7 Å². The molecule has 0 saturated carbocycles. The van der Waals surface area contributed by atoms with E-state index < -0.39 is 92.0 Å². The van der Waals surface area contributed by atoms with E-state index >= 15 is 0 Å². The summed E-state index contributed by atoms with van der Waals surface area (Å²) in [5.41, 5.74) is 5.46. The van der Waals surface area contributed by atoms with Gasteiger partial charge in [0.15, 0.2) is 45.8 Å². The van der Waals surface area contributed by atoms with Crippen LogP contribution >= 0.6 is 8.86 Å². The van der Waals surface area contributed by atoms with E-state index in [0.717, 1.165) is 113 Å². The first-order valence-corrected chi connectivity index (χ1v) is 50.0. The number of aromatic hydroxyl groups is 1. The molecular weight excluding hydrogens is 2010 g/mol. The predicted octanol–water partition coefficient (Wildman–Crippen LogP) is 12.7. The zero-order valence-corrected chi connectivity index (χ0v) is 80.7. The number of amides is 7. The number of benzene rings is 7. The molecule has 2 aliphatic heterocycles. The number of halogens is 4. The molecule has 7 amide bonds. The van der Waals surface area contributed by atoms with Gasteiger partial charge in [-0.1, -0.05) is 178 Å². The molecular formula is C102H114F4N12O20SW. The van der Waals surface area contributed by atoms with Crippen LogP contribution in [-0.4, -0.2) is 145 Å². The Hall–Kier alpha value is -14.4. The molecule has 7 aromatic carbocycles. The Morgan fingerprint density at radius 1 is 0.450 bits per heavy atom. The number of hydrogen-bond donors (Lipinski definition) is 15. The summed E-state index contributed by atoms with van der Waals surface area (Å²) < 4.78 is 77.3. The van der Waals surface area contributed by atoms with Crippen LogP contribution in [0.4, 0.5) is 17.6 Å². The van der Waals surface area contributed by atoms with Gasteiger partial charge in [0.05, 0.1) is 0 Å². The Balaban J connectivity index is 0.000000222. The van der Waals surface area contributed by atoms with Crippen molar-refractivity contribution in [2.75, 3.05) is 45.6 Å². The SMILES string of the molecule is NCCCCCCO.O=C(NCCCCCCO)c1[nH]cc(C(=O)NCc2ccc(F)cc2)c(=O)c1OCc1ccccc1.O=C(NCc1ccc(F)cc1)c1cn2c(c(O)c1=O)C(=O)N1CCCCCC12.O=C(O)c1[nH]cc(C(=O)NCc2ccc(F)cc2)c(=O)c1OCc1ccccc1.O=CCCCCCNC(=O)c1[nH]cc(C(=O)NCc2ccc(F)cc2)c(=O)c1OCc1ccccc1.[2H][S](C)=[W]. The van der Waals surface area contributed by atoms with Gasteiger partial charge >= 0.3 is 40.2 Å². The number of aromatic carboxylic acids is 1. The van der Waals surface area contributed by atoms with Gasteiger partial charge in [-0.25, -0.2) is 22.4 Å². The Morgan fingerprint density at radius 2 is 0.786 bits per heavy atom. The number of aromatic amines is 3. The van der Waals surface area contributed by atoms with E-state index in [9.17, 15) is 90.1 Å². The average molecular weight is 2120 g/mol. The maximum atomic E-state index is 13.2. The topological polar surface area (TPSA) is 484 Å². The van der Waals surface area contributed by atoms with Crippen molar-refractivity contribution in [2.24, 2.45) is 5.73 Å². The van der Waals surface area contributed by atoms with Gasteiger partial charge in [0.2, 0.25) is 21.7 Å². The number of carboxylic acid groups (broad SMARTS) is 1. The number of nitrogens with one attached hydrogen (secondary N) is 9. The van der Waals surface area contributed by atoms with Gasteiger partial charge in [0.1, 0.15) is 77.8 Å². The molecule has 2 atom stereocenters. The van der Waals surface area contributed by atoms with E-state index in [1.54, 1.807) is 33.7 Å². The van der Waals surface area contributed by atoms with Crippen LogP contribution in [-0.2, 0) is 68.8 Å². The summed E-state index contributed by atoms with van der Waals surface area (Å²) in [7, 11) is -0.0278. The Bertz CT molecular complexity index is 6210. The molecule has 0 aliphatic carbocycles. The van der Waals surface area contributed by atoms with Crippen LogP contribution < -0.4 is 73.6 Å². The number of nitrogens with zero attached hydrogens (tertiary/aromatic N) is 2. The molecule has 32 nitrogen and oxygen atoms in total. The number of pyridine rings is 4. The van der Waals surface area contributed by atoms with Crippen LogP contribution in [0.1, 0.15) is 231 Å². The first-order chi connectivity index (χ1) is 68.0. The molecule has 15 N–H and O–H groups in total. The molecule has 1 fully saturated rings. The Morgan fingerprint density at radius 3 is 1.14 bits per heavy atom. The van der Waals surface area contributed by atoms with Gasteiger partial charge in [0.25, 0.3) is 41.4 Å². The maximum absolute atomic E-state index is 13.2. The number of fused-ring (bicyclic) bond motifs is 3. The Labute approximate surface area is 818 Å². The monoisotopic (exact) mass is 2120 g/mol. The molecule has 13 rings (SSSR count). The van der Waals surface area contributed by atoms with Crippen molar-refractivity contribution < 1.29 is 113 Å². The number of aliphatic hydroxyl groups excluding tert-OH is 2. The van der Waals surface area contributed by atoms with Crippen molar-refractivity contribution in [2.45, 2.75) is 155 Å². The van der Waals surface area contributed by atoms with Gasteiger partial charge in [-0.2, -0.15) is 0 Å². The van der Waals surface area contributed by atoms with E-state index in [0.29, 0.717) is 74.2 Å². The first-order valence-electron chi connectivity index (χ1n) is 45.6. The summed E-state index contributed by atoms with van der Waals surface area (Å²) in [6, 6.07) is 49.5. The fraction of sp³-hybridized carbons (Fsp3) is 0.304. The fourth-order valence-electron chi connectivity index (χ4n) is 13.9. The number of aromatic nitrogens is 4. The summed E-state index contributed by atoms with van der Waals surface area (Å²) in [4.78, 5) is 172. The van der Waals surface area contributed by atoms with Crippen LogP contribution in [0.5, 0.6) is 23.0 Å². The molecule has 0 spiro atoms. The standard InChI is InChI=1S/C27H30FN3O5.C27H28FN3O5.C21H17FN2O5.C20H20FN3O4.C6H15NO.CH4S.W/c2*28-21-12-10-19(11-13-21)16-31-26(34)22-17-30-23(27(35)29-14-6-1-2-7-15-32)25(24(22)33)36-18-20-8-4-3-5-9-20;22-15-8-6-13(7-9-15)10-24-20(26)16-11-23-17(21(27)28)19(18(16)25)29-12-14-4-2-1-3-5-14;21-13-7-5-12(6-8-13)10-22-19(27)14-11-24-15-4-2-1-3-9-23(15)20(28)16(24)18(26)17(14)25;7-5-3-1-2-4-6-8;1-2;/h3-5,8-13,17,32H,1-2,6-7,14-16,18H2,(H,29,35)(H,30,33)(H,31,34);3-5,8-13,15,17H,1-2,6-7,14,16,18H2,(H,29,35)(H,30,33)(H,31,34);1-9,11H,10,12H2,(H,23,25)(H,24,26)(H,27,28);5-8,11,15,26H,1-4,9-10H2,(H,22,27);8H,1-7H2;2H,1H3;/i/hD. The van der Waals surface area contributed by atoms with Crippen LogP contribution in [0.3, 0.4) is 0 Å². The summed E-state index contributed by atoms with van der Waals surface area (Å²) in [5, 5.41) is 52.7. The minimum atomic E-state index is -1.39. The van der Waals surface area contributed by atoms with Crippen molar-refractivity contribution >= 4 is 62.5 Å². The second-order valence-electron chi connectivity index (χ2n) is 31.6. The average Bonchev–Trinajstić information content (AvgIpc) is 1.59. The van der Waals surface area contributed by atoms with Crippen molar-refractivity contribution in [1.82, 2.24) is 56.3 Å². The van der Waals surface area contributed by atoms with Crippen molar-refractivity contribution in [3.8, 4) is 23.0 Å².